The molecule has 0 aromatic heterocycles. The third-order valence-corrected chi connectivity index (χ3v) is 3.63. The Hall–Kier alpha value is -2.69. The minimum atomic E-state index is -0.570. The summed E-state index contributed by atoms with van der Waals surface area (Å²) in [5.41, 5.74) is 0.997. The molecule has 0 aliphatic carbocycles. The fourth-order valence-corrected chi connectivity index (χ4v) is 2.24. The van der Waals surface area contributed by atoms with Gasteiger partial charge in [-0.3, -0.25) is 4.79 Å². The average molecular weight is 329 g/mol. The van der Waals surface area contributed by atoms with Crippen LogP contribution in [-0.2, 0) is 11.3 Å². The molecule has 2 aromatic carbocycles. The molecule has 2 rings (SSSR count). The van der Waals surface area contributed by atoms with Crippen molar-refractivity contribution in [2.75, 3.05) is 14.2 Å². The zero-order valence-corrected chi connectivity index (χ0v) is 14.2. The van der Waals surface area contributed by atoms with E-state index in [-0.39, 0.29) is 5.91 Å². The van der Waals surface area contributed by atoms with Crippen LogP contribution in [0.2, 0.25) is 0 Å². The summed E-state index contributed by atoms with van der Waals surface area (Å²) in [4.78, 5) is 12.4. The summed E-state index contributed by atoms with van der Waals surface area (Å²) < 4.78 is 16.2. The Balaban J connectivity index is 1.95. The number of nitrogens with one attached hydrogen (secondary N) is 1. The summed E-state index contributed by atoms with van der Waals surface area (Å²) in [6, 6.07) is 14.9. The first-order chi connectivity index (χ1) is 11.7. The molecule has 2 aromatic rings. The zero-order chi connectivity index (χ0) is 17.4. The van der Waals surface area contributed by atoms with Crippen LogP contribution in [-0.4, -0.2) is 26.2 Å². The van der Waals surface area contributed by atoms with E-state index < -0.39 is 6.10 Å². The zero-order valence-electron chi connectivity index (χ0n) is 14.2. The van der Waals surface area contributed by atoms with Crippen LogP contribution in [0.4, 0.5) is 0 Å². The number of para-hydroxylation sites is 2. The topological polar surface area (TPSA) is 56.8 Å². The number of hydrogen-bond acceptors (Lipinski definition) is 4. The van der Waals surface area contributed by atoms with Crippen LogP contribution < -0.4 is 19.5 Å². The van der Waals surface area contributed by atoms with E-state index in [1.807, 2.05) is 43.3 Å². The molecule has 1 N–H and O–H groups in total. The summed E-state index contributed by atoms with van der Waals surface area (Å²) in [5, 5.41) is 2.90. The fourth-order valence-electron chi connectivity index (χ4n) is 2.24. The number of amides is 1. The number of benzene rings is 2. The highest BCUT2D eigenvalue weighted by Gasteiger charge is 2.19. The second-order valence-corrected chi connectivity index (χ2v) is 5.23. The lowest BCUT2D eigenvalue weighted by molar-refractivity contribution is -0.128. The Bertz CT molecular complexity index is 655. The van der Waals surface area contributed by atoms with Gasteiger partial charge in [-0.1, -0.05) is 31.2 Å². The molecule has 0 fully saturated rings. The van der Waals surface area contributed by atoms with Gasteiger partial charge >= 0.3 is 0 Å². The molecule has 1 amide bonds. The van der Waals surface area contributed by atoms with Crippen molar-refractivity contribution in [3.8, 4) is 17.2 Å². The van der Waals surface area contributed by atoms with Crippen molar-refractivity contribution in [3.05, 3.63) is 54.1 Å². The Labute approximate surface area is 142 Å². The number of carbonyl (C=O) groups excluding carboxylic acids is 1. The molecular formula is C19H23NO4. The van der Waals surface area contributed by atoms with Crippen LogP contribution in [0.1, 0.15) is 18.9 Å². The highest BCUT2D eigenvalue weighted by molar-refractivity contribution is 5.81. The molecule has 0 radical (unpaired) electrons. The first-order valence-corrected chi connectivity index (χ1v) is 7.88. The lowest BCUT2D eigenvalue weighted by atomic mass is 10.2. The number of carbonyl (C=O) groups is 1. The molecule has 5 nitrogen and oxygen atoms in total. The molecule has 0 spiro atoms. The van der Waals surface area contributed by atoms with Crippen LogP contribution in [0.15, 0.2) is 48.5 Å². The minimum Gasteiger partial charge on any atom is -0.497 e. The summed E-state index contributed by atoms with van der Waals surface area (Å²) in [6.45, 7) is 2.35. The van der Waals surface area contributed by atoms with E-state index in [0.29, 0.717) is 24.5 Å². The lowest BCUT2D eigenvalue weighted by Crippen LogP contribution is -2.37. The van der Waals surface area contributed by atoms with Crippen LogP contribution >= 0.6 is 0 Å². The van der Waals surface area contributed by atoms with E-state index in [9.17, 15) is 4.79 Å². The van der Waals surface area contributed by atoms with Gasteiger partial charge in [-0.15, -0.1) is 0 Å². The van der Waals surface area contributed by atoms with Gasteiger partial charge in [0.1, 0.15) is 5.75 Å². The SMILES string of the molecule is CCC(Oc1ccccc1OC)C(=O)NCc1ccc(OC)cc1. The van der Waals surface area contributed by atoms with Gasteiger partial charge in [0.25, 0.3) is 5.91 Å². The third-order valence-electron chi connectivity index (χ3n) is 3.63. The summed E-state index contributed by atoms with van der Waals surface area (Å²) in [5.74, 6) is 1.81. The van der Waals surface area contributed by atoms with E-state index in [2.05, 4.69) is 5.32 Å². The Kier molecular flexibility index (Phi) is 6.49. The monoisotopic (exact) mass is 329 g/mol. The smallest absolute Gasteiger partial charge is 0.261 e. The standard InChI is InChI=1S/C19H23NO4/c1-4-16(24-18-8-6-5-7-17(18)23-3)19(21)20-13-14-9-11-15(22-2)12-10-14/h5-12,16H,4,13H2,1-3H3,(H,20,21). The second-order valence-electron chi connectivity index (χ2n) is 5.23. The van der Waals surface area contributed by atoms with Gasteiger partial charge in [0.2, 0.25) is 0 Å². The summed E-state index contributed by atoms with van der Waals surface area (Å²) in [7, 11) is 3.20. The van der Waals surface area contributed by atoms with Crippen molar-refractivity contribution >= 4 is 5.91 Å². The van der Waals surface area contributed by atoms with Crippen molar-refractivity contribution in [2.45, 2.75) is 26.0 Å². The van der Waals surface area contributed by atoms with E-state index in [1.54, 1.807) is 26.4 Å². The van der Waals surface area contributed by atoms with Crippen molar-refractivity contribution in [1.82, 2.24) is 5.32 Å². The molecule has 0 aliphatic rings. The second kappa shape index (κ2) is 8.82. The molecule has 1 unspecified atom stereocenters. The molecule has 24 heavy (non-hydrogen) atoms. The van der Waals surface area contributed by atoms with Gasteiger partial charge in [0.05, 0.1) is 14.2 Å². The molecule has 0 heterocycles. The first-order valence-electron chi connectivity index (χ1n) is 7.88. The molecule has 5 heteroatoms. The summed E-state index contributed by atoms with van der Waals surface area (Å²) >= 11 is 0. The van der Waals surface area contributed by atoms with Gasteiger partial charge in [0.15, 0.2) is 17.6 Å². The Morgan fingerprint density at radius 1 is 1.00 bits per heavy atom. The molecule has 0 aliphatic heterocycles. The Morgan fingerprint density at radius 3 is 2.25 bits per heavy atom. The first kappa shape index (κ1) is 17.7. The average Bonchev–Trinajstić information content (AvgIpc) is 2.64. The quantitative estimate of drug-likeness (QED) is 0.808. The van der Waals surface area contributed by atoms with Gasteiger partial charge in [-0.05, 0) is 36.2 Å². The number of methoxy groups -OCH3 is 2. The maximum absolute atomic E-state index is 12.4. The largest absolute Gasteiger partial charge is 0.497 e. The molecule has 0 saturated carbocycles. The van der Waals surface area contributed by atoms with Crippen molar-refractivity contribution < 1.29 is 19.0 Å². The lowest BCUT2D eigenvalue weighted by Gasteiger charge is -2.19. The summed E-state index contributed by atoms with van der Waals surface area (Å²) in [6.07, 6.45) is -0.00786. The van der Waals surface area contributed by atoms with E-state index >= 15 is 0 Å². The predicted molar refractivity (Wildman–Crippen MR) is 92.5 cm³/mol. The molecule has 1 atom stereocenters. The molecule has 0 saturated heterocycles. The van der Waals surface area contributed by atoms with Crippen LogP contribution in [0.25, 0.3) is 0 Å². The van der Waals surface area contributed by atoms with Gasteiger partial charge in [-0.2, -0.15) is 0 Å². The normalized spacial score (nSPS) is 11.5. The van der Waals surface area contributed by atoms with Crippen molar-refractivity contribution in [2.24, 2.45) is 0 Å². The van der Waals surface area contributed by atoms with Crippen molar-refractivity contribution in [1.29, 1.82) is 0 Å². The van der Waals surface area contributed by atoms with E-state index in [0.717, 1.165) is 11.3 Å². The molecule has 0 bridgehead atoms. The highest BCUT2D eigenvalue weighted by Crippen LogP contribution is 2.27. The predicted octanol–water partition coefficient (Wildman–Crippen LogP) is 3.18. The molecular weight excluding hydrogens is 306 g/mol. The van der Waals surface area contributed by atoms with Crippen LogP contribution in [0.3, 0.4) is 0 Å². The van der Waals surface area contributed by atoms with Crippen LogP contribution in [0, 0.1) is 0 Å². The maximum Gasteiger partial charge on any atom is 0.261 e. The minimum absolute atomic E-state index is 0.153. The van der Waals surface area contributed by atoms with Gasteiger partial charge in [0, 0.05) is 6.54 Å². The maximum atomic E-state index is 12.4. The van der Waals surface area contributed by atoms with E-state index in [4.69, 9.17) is 14.2 Å². The fraction of sp³-hybridized carbons (Fsp3) is 0.316. The van der Waals surface area contributed by atoms with E-state index in [1.165, 1.54) is 0 Å². The third kappa shape index (κ3) is 4.65. The number of hydrogen-bond donors (Lipinski definition) is 1. The Morgan fingerprint density at radius 2 is 1.67 bits per heavy atom. The van der Waals surface area contributed by atoms with Gasteiger partial charge in [-0.25, -0.2) is 0 Å². The molecule has 128 valence electrons. The van der Waals surface area contributed by atoms with Crippen LogP contribution in [0.5, 0.6) is 17.2 Å². The van der Waals surface area contributed by atoms with Gasteiger partial charge < -0.3 is 19.5 Å². The van der Waals surface area contributed by atoms with Crippen molar-refractivity contribution in [3.63, 3.8) is 0 Å². The number of ether oxygens (including phenoxy) is 3. The highest BCUT2D eigenvalue weighted by atomic mass is 16.5. The number of rotatable bonds is 8.